The molecular formula is C23H31IN4O2. The predicted molar refractivity (Wildman–Crippen MR) is 133 cm³/mol. The van der Waals surface area contributed by atoms with Gasteiger partial charge < -0.3 is 20.7 Å². The van der Waals surface area contributed by atoms with Gasteiger partial charge in [0.15, 0.2) is 5.96 Å². The molecule has 3 rings (SSSR count). The zero-order chi connectivity index (χ0) is 20.6. The van der Waals surface area contributed by atoms with E-state index in [1.165, 1.54) is 11.1 Å². The fourth-order valence-corrected chi connectivity index (χ4v) is 3.27. The number of hydrogen-bond donors (Lipinski definition) is 3. The van der Waals surface area contributed by atoms with Gasteiger partial charge in [0.05, 0.1) is 6.54 Å². The summed E-state index contributed by atoms with van der Waals surface area (Å²) >= 11 is 0. The third-order valence-corrected chi connectivity index (χ3v) is 5.08. The average molecular weight is 522 g/mol. The van der Waals surface area contributed by atoms with E-state index < -0.39 is 0 Å². The van der Waals surface area contributed by atoms with E-state index in [9.17, 15) is 4.79 Å². The van der Waals surface area contributed by atoms with Crippen LogP contribution in [0, 0.1) is 6.92 Å². The Labute approximate surface area is 195 Å². The van der Waals surface area contributed by atoms with E-state index >= 15 is 0 Å². The minimum absolute atomic E-state index is 0. The molecule has 0 spiro atoms. The van der Waals surface area contributed by atoms with Gasteiger partial charge in [-0.05, 0) is 48.6 Å². The van der Waals surface area contributed by atoms with Gasteiger partial charge in [-0.15, -0.1) is 24.0 Å². The highest BCUT2D eigenvalue weighted by atomic mass is 127. The van der Waals surface area contributed by atoms with Gasteiger partial charge in [-0.1, -0.05) is 36.8 Å². The molecule has 1 amide bonds. The number of fused-ring (bicyclic) bond motifs is 1. The third kappa shape index (κ3) is 6.90. The lowest BCUT2D eigenvalue weighted by Gasteiger charge is -2.18. The minimum atomic E-state index is 0. The largest absolute Gasteiger partial charge is 0.492 e. The lowest BCUT2D eigenvalue weighted by Crippen LogP contribution is -2.40. The zero-order valence-corrected chi connectivity index (χ0v) is 20.2. The summed E-state index contributed by atoms with van der Waals surface area (Å²) in [6, 6.07) is 14.4. The van der Waals surface area contributed by atoms with Crippen LogP contribution in [0.3, 0.4) is 0 Å². The van der Waals surface area contributed by atoms with Gasteiger partial charge in [0.25, 0.3) is 0 Å². The van der Waals surface area contributed by atoms with Crippen molar-refractivity contribution in [2.45, 2.75) is 32.6 Å². The lowest BCUT2D eigenvalue weighted by molar-refractivity contribution is -0.116. The normalized spacial score (nSPS) is 14.1. The van der Waals surface area contributed by atoms with E-state index in [2.05, 4.69) is 59.1 Å². The highest BCUT2D eigenvalue weighted by Crippen LogP contribution is 2.26. The quantitative estimate of drug-likeness (QED) is 0.224. The van der Waals surface area contributed by atoms with Crippen LogP contribution < -0.4 is 20.7 Å². The number of halogens is 1. The van der Waals surface area contributed by atoms with Crippen LogP contribution in [-0.2, 0) is 11.2 Å². The second-order valence-corrected chi connectivity index (χ2v) is 7.41. The molecule has 0 bridgehead atoms. The number of guanidine groups is 1. The van der Waals surface area contributed by atoms with Crippen molar-refractivity contribution in [2.75, 3.05) is 32.1 Å². The summed E-state index contributed by atoms with van der Waals surface area (Å²) in [7, 11) is 1.77. The first-order chi connectivity index (χ1) is 14.0. The Hall–Kier alpha value is -2.29. The van der Waals surface area contributed by atoms with Crippen molar-refractivity contribution in [1.82, 2.24) is 10.6 Å². The van der Waals surface area contributed by atoms with Crippen molar-refractivity contribution in [3.05, 3.63) is 59.2 Å². The van der Waals surface area contributed by atoms with Crippen LogP contribution in [0.4, 0.5) is 5.69 Å². The Balaban J connectivity index is 0.00000320. The van der Waals surface area contributed by atoms with Crippen molar-refractivity contribution in [3.63, 3.8) is 0 Å². The SMILES string of the molecule is CN=C(NCCOc1ccc2c(c1)CCC(=O)N2)NCC(C)c1ccc(C)cc1.I. The maximum atomic E-state index is 11.4. The number of nitrogens with zero attached hydrogens (tertiary/aromatic N) is 1. The number of aliphatic imine (C=N–C) groups is 1. The van der Waals surface area contributed by atoms with Crippen LogP contribution in [0.5, 0.6) is 5.75 Å². The number of nitrogens with one attached hydrogen (secondary N) is 3. The van der Waals surface area contributed by atoms with Crippen molar-refractivity contribution in [3.8, 4) is 5.75 Å². The number of rotatable bonds is 7. The fraction of sp³-hybridized carbons (Fsp3) is 0.391. The number of anilines is 1. The van der Waals surface area contributed by atoms with Crippen LogP contribution >= 0.6 is 24.0 Å². The Morgan fingerprint density at radius 2 is 1.93 bits per heavy atom. The molecule has 2 aromatic carbocycles. The first kappa shape index (κ1) is 24.0. The maximum Gasteiger partial charge on any atom is 0.224 e. The van der Waals surface area contributed by atoms with Crippen molar-refractivity contribution < 1.29 is 9.53 Å². The van der Waals surface area contributed by atoms with Crippen LogP contribution in [0.1, 0.15) is 36.0 Å². The summed E-state index contributed by atoms with van der Waals surface area (Å²) in [4.78, 5) is 15.7. The summed E-state index contributed by atoms with van der Waals surface area (Å²) in [5.41, 5.74) is 4.59. The molecule has 0 saturated heterocycles. The van der Waals surface area contributed by atoms with Gasteiger partial charge in [-0.3, -0.25) is 9.79 Å². The molecule has 2 aromatic rings. The number of carbonyl (C=O) groups excluding carboxylic acids is 1. The average Bonchev–Trinajstić information content (AvgIpc) is 2.73. The molecule has 1 unspecified atom stereocenters. The first-order valence-electron chi connectivity index (χ1n) is 10.1. The van der Waals surface area contributed by atoms with Gasteiger partial charge in [-0.2, -0.15) is 0 Å². The van der Waals surface area contributed by atoms with Gasteiger partial charge >= 0.3 is 0 Å². The molecule has 7 heteroatoms. The van der Waals surface area contributed by atoms with Crippen LogP contribution in [0.2, 0.25) is 0 Å². The highest BCUT2D eigenvalue weighted by molar-refractivity contribution is 14.0. The van der Waals surface area contributed by atoms with Crippen molar-refractivity contribution >= 4 is 41.5 Å². The van der Waals surface area contributed by atoms with Crippen LogP contribution in [0.25, 0.3) is 0 Å². The van der Waals surface area contributed by atoms with Gasteiger partial charge in [-0.25, -0.2) is 0 Å². The molecule has 162 valence electrons. The number of ether oxygens (including phenoxy) is 1. The van der Waals surface area contributed by atoms with Gasteiger partial charge in [0.2, 0.25) is 5.91 Å². The topological polar surface area (TPSA) is 74.8 Å². The van der Waals surface area contributed by atoms with Gasteiger partial charge in [0.1, 0.15) is 12.4 Å². The summed E-state index contributed by atoms with van der Waals surface area (Å²) in [6.45, 7) is 6.28. The van der Waals surface area contributed by atoms with Crippen LogP contribution in [-0.4, -0.2) is 38.6 Å². The Morgan fingerprint density at radius 3 is 2.67 bits per heavy atom. The Morgan fingerprint density at radius 1 is 1.17 bits per heavy atom. The number of aryl methyl sites for hydroxylation is 2. The summed E-state index contributed by atoms with van der Waals surface area (Å²) in [5, 5.41) is 9.53. The molecule has 1 aliphatic rings. The third-order valence-electron chi connectivity index (χ3n) is 5.08. The van der Waals surface area contributed by atoms with Crippen LogP contribution in [0.15, 0.2) is 47.5 Å². The molecule has 1 atom stereocenters. The summed E-state index contributed by atoms with van der Waals surface area (Å²) in [5.74, 6) is 2.05. The van der Waals surface area contributed by atoms with E-state index in [1.54, 1.807) is 7.05 Å². The highest BCUT2D eigenvalue weighted by Gasteiger charge is 2.15. The molecule has 1 heterocycles. The molecule has 3 N–H and O–H groups in total. The van der Waals surface area contributed by atoms with E-state index in [4.69, 9.17) is 4.74 Å². The summed E-state index contributed by atoms with van der Waals surface area (Å²) in [6.07, 6.45) is 1.29. The number of hydrogen-bond acceptors (Lipinski definition) is 3. The smallest absolute Gasteiger partial charge is 0.224 e. The molecule has 0 saturated carbocycles. The van der Waals surface area contributed by atoms with E-state index in [0.717, 1.165) is 35.9 Å². The van der Waals surface area contributed by atoms with E-state index in [-0.39, 0.29) is 29.9 Å². The number of amides is 1. The van der Waals surface area contributed by atoms with E-state index in [1.807, 2.05) is 18.2 Å². The fourth-order valence-electron chi connectivity index (χ4n) is 3.27. The molecule has 30 heavy (non-hydrogen) atoms. The maximum absolute atomic E-state index is 11.4. The standard InChI is InChI=1S/C23H30N4O2.HI/c1-16-4-6-18(7-5-16)17(2)15-26-23(24-3)25-12-13-29-20-9-10-21-19(14-20)8-11-22(28)27-21;/h4-7,9-10,14,17H,8,11-13,15H2,1-3H3,(H,27,28)(H2,24,25,26);1H. The second kappa shape index (κ2) is 11.8. The number of benzene rings is 2. The molecule has 0 radical (unpaired) electrons. The molecule has 0 aliphatic carbocycles. The first-order valence-corrected chi connectivity index (χ1v) is 10.1. The Kier molecular flexibility index (Phi) is 9.42. The lowest BCUT2D eigenvalue weighted by atomic mass is 10.0. The van der Waals surface area contributed by atoms with Crippen molar-refractivity contribution in [1.29, 1.82) is 0 Å². The second-order valence-electron chi connectivity index (χ2n) is 7.41. The predicted octanol–water partition coefficient (Wildman–Crippen LogP) is 3.85. The van der Waals surface area contributed by atoms with Gasteiger partial charge in [0, 0.05) is 25.7 Å². The Bertz CT molecular complexity index is 868. The monoisotopic (exact) mass is 522 g/mol. The molecule has 0 fully saturated rings. The van der Waals surface area contributed by atoms with Crippen molar-refractivity contribution in [2.24, 2.45) is 4.99 Å². The molecule has 1 aliphatic heterocycles. The molecule has 0 aromatic heterocycles. The minimum Gasteiger partial charge on any atom is -0.492 e. The number of carbonyl (C=O) groups is 1. The summed E-state index contributed by atoms with van der Waals surface area (Å²) < 4.78 is 5.84. The van der Waals surface area contributed by atoms with E-state index in [0.29, 0.717) is 25.5 Å². The zero-order valence-electron chi connectivity index (χ0n) is 17.8. The molecular weight excluding hydrogens is 491 g/mol. The molecule has 6 nitrogen and oxygen atoms in total.